The molecule has 22 heavy (non-hydrogen) atoms. The third-order valence-electron chi connectivity index (χ3n) is 3.92. The molecule has 0 spiro atoms. The van der Waals surface area contributed by atoms with Gasteiger partial charge in [0.05, 0.1) is 6.42 Å². The second-order valence-electron chi connectivity index (χ2n) is 5.56. The molecule has 0 aromatic heterocycles. The van der Waals surface area contributed by atoms with Gasteiger partial charge in [-0.25, -0.2) is 0 Å². The topological polar surface area (TPSA) is 29.1 Å². The molecule has 0 saturated carbocycles. The first-order chi connectivity index (χ1) is 10.7. The van der Waals surface area contributed by atoms with E-state index in [4.69, 9.17) is 0 Å². The molecule has 0 aliphatic heterocycles. The summed E-state index contributed by atoms with van der Waals surface area (Å²) >= 11 is 0. The minimum atomic E-state index is 0.0578. The van der Waals surface area contributed by atoms with Gasteiger partial charge in [-0.1, -0.05) is 60.7 Å². The number of hydrogen-bond acceptors (Lipinski definition) is 1. The SMILES string of the molecule is Cc1ccccc1CC(=O)NCc1ccc2ccccc2c1. The van der Waals surface area contributed by atoms with Crippen molar-refractivity contribution in [3.63, 3.8) is 0 Å². The molecule has 2 nitrogen and oxygen atoms in total. The molecule has 0 aliphatic carbocycles. The van der Waals surface area contributed by atoms with Crippen molar-refractivity contribution >= 4 is 16.7 Å². The zero-order chi connectivity index (χ0) is 15.4. The van der Waals surface area contributed by atoms with Gasteiger partial charge in [-0.15, -0.1) is 0 Å². The van der Waals surface area contributed by atoms with Crippen LogP contribution in [0.3, 0.4) is 0 Å². The van der Waals surface area contributed by atoms with Gasteiger partial charge in [-0.2, -0.15) is 0 Å². The highest BCUT2D eigenvalue weighted by Gasteiger charge is 2.05. The van der Waals surface area contributed by atoms with E-state index in [1.54, 1.807) is 0 Å². The van der Waals surface area contributed by atoms with Crippen molar-refractivity contribution in [2.24, 2.45) is 0 Å². The Bertz CT molecular complexity index is 807. The first kappa shape index (κ1) is 14.3. The van der Waals surface area contributed by atoms with Gasteiger partial charge >= 0.3 is 0 Å². The standard InChI is InChI=1S/C20H19NO/c1-15-6-2-3-8-18(15)13-20(22)21-14-16-10-11-17-7-4-5-9-19(17)12-16/h2-12H,13-14H2,1H3,(H,21,22). The van der Waals surface area contributed by atoms with Crippen molar-refractivity contribution in [1.29, 1.82) is 0 Å². The van der Waals surface area contributed by atoms with E-state index in [0.717, 1.165) is 16.7 Å². The van der Waals surface area contributed by atoms with E-state index >= 15 is 0 Å². The van der Waals surface area contributed by atoms with Crippen LogP contribution in [0.4, 0.5) is 0 Å². The molecule has 0 atom stereocenters. The largest absolute Gasteiger partial charge is 0.352 e. The average molecular weight is 289 g/mol. The Balaban J connectivity index is 1.63. The summed E-state index contributed by atoms with van der Waals surface area (Å²) in [7, 11) is 0. The van der Waals surface area contributed by atoms with E-state index in [1.165, 1.54) is 10.8 Å². The second-order valence-corrected chi connectivity index (χ2v) is 5.56. The first-order valence-electron chi connectivity index (χ1n) is 7.51. The van der Waals surface area contributed by atoms with Gasteiger partial charge in [0.15, 0.2) is 0 Å². The number of nitrogens with one attached hydrogen (secondary N) is 1. The monoisotopic (exact) mass is 289 g/mol. The summed E-state index contributed by atoms with van der Waals surface area (Å²) < 4.78 is 0. The highest BCUT2D eigenvalue weighted by molar-refractivity contribution is 5.83. The molecular weight excluding hydrogens is 270 g/mol. The Morgan fingerprint density at radius 3 is 2.45 bits per heavy atom. The van der Waals surface area contributed by atoms with E-state index in [0.29, 0.717) is 13.0 Å². The quantitative estimate of drug-likeness (QED) is 0.772. The van der Waals surface area contributed by atoms with Crippen molar-refractivity contribution in [2.75, 3.05) is 0 Å². The Morgan fingerprint density at radius 2 is 1.64 bits per heavy atom. The lowest BCUT2D eigenvalue weighted by atomic mass is 10.1. The molecule has 0 fully saturated rings. The van der Waals surface area contributed by atoms with E-state index in [-0.39, 0.29) is 5.91 Å². The molecule has 3 aromatic rings. The maximum Gasteiger partial charge on any atom is 0.224 e. The summed E-state index contributed by atoms with van der Waals surface area (Å²) in [4.78, 5) is 12.1. The van der Waals surface area contributed by atoms with E-state index in [1.807, 2.05) is 43.3 Å². The maximum atomic E-state index is 12.1. The fraction of sp³-hybridized carbons (Fsp3) is 0.150. The summed E-state index contributed by atoms with van der Waals surface area (Å²) in [6, 6.07) is 22.5. The highest BCUT2D eigenvalue weighted by Crippen LogP contribution is 2.15. The number of carbonyl (C=O) groups is 1. The fourth-order valence-electron chi connectivity index (χ4n) is 2.59. The number of benzene rings is 3. The van der Waals surface area contributed by atoms with Crippen molar-refractivity contribution in [3.8, 4) is 0 Å². The van der Waals surface area contributed by atoms with Crippen LogP contribution in [-0.2, 0) is 17.8 Å². The molecule has 110 valence electrons. The van der Waals surface area contributed by atoms with Crippen LogP contribution in [0.15, 0.2) is 66.7 Å². The van der Waals surface area contributed by atoms with Crippen LogP contribution < -0.4 is 5.32 Å². The predicted octanol–water partition coefficient (Wildman–Crippen LogP) is 4.01. The summed E-state index contributed by atoms with van der Waals surface area (Å²) in [5.41, 5.74) is 3.36. The van der Waals surface area contributed by atoms with Crippen molar-refractivity contribution in [2.45, 2.75) is 19.9 Å². The number of fused-ring (bicyclic) bond motifs is 1. The summed E-state index contributed by atoms with van der Waals surface area (Å²) in [5, 5.41) is 5.42. The van der Waals surface area contributed by atoms with Crippen LogP contribution in [0.2, 0.25) is 0 Å². The summed E-state index contributed by atoms with van der Waals surface area (Å²) in [6.45, 7) is 2.60. The molecule has 0 radical (unpaired) electrons. The fourth-order valence-corrected chi connectivity index (χ4v) is 2.59. The van der Waals surface area contributed by atoms with E-state index in [9.17, 15) is 4.79 Å². The third kappa shape index (κ3) is 3.34. The number of aryl methyl sites for hydroxylation is 1. The Kier molecular flexibility index (Phi) is 4.19. The van der Waals surface area contributed by atoms with Crippen molar-refractivity contribution in [1.82, 2.24) is 5.32 Å². The van der Waals surface area contributed by atoms with Crippen molar-refractivity contribution in [3.05, 3.63) is 83.4 Å². The molecule has 0 bridgehead atoms. The first-order valence-corrected chi connectivity index (χ1v) is 7.51. The zero-order valence-corrected chi connectivity index (χ0v) is 12.7. The van der Waals surface area contributed by atoms with E-state index in [2.05, 4.69) is 35.6 Å². The van der Waals surface area contributed by atoms with Crippen LogP contribution in [0.25, 0.3) is 10.8 Å². The highest BCUT2D eigenvalue weighted by atomic mass is 16.1. The molecule has 1 N–H and O–H groups in total. The Morgan fingerprint density at radius 1 is 0.909 bits per heavy atom. The van der Waals surface area contributed by atoms with Crippen LogP contribution in [0, 0.1) is 6.92 Å². The second kappa shape index (κ2) is 6.44. The van der Waals surface area contributed by atoms with E-state index < -0.39 is 0 Å². The van der Waals surface area contributed by atoms with Gasteiger partial charge in [0.25, 0.3) is 0 Å². The van der Waals surface area contributed by atoms with Gasteiger partial charge in [-0.05, 0) is 40.5 Å². The van der Waals surface area contributed by atoms with Crippen LogP contribution in [-0.4, -0.2) is 5.91 Å². The molecule has 3 aromatic carbocycles. The summed E-state index contributed by atoms with van der Waals surface area (Å²) in [5.74, 6) is 0.0578. The summed E-state index contributed by atoms with van der Waals surface area (Å²) in [6.07, 6.45) is 0.431. The predicted molar refractivity (Wildman–Crippen MR) is 90.7 cm³/mol. The number of hydrogen-bond donors (Lipinski definition) is 1. The Labute approximate surface area is 130 Å². The number of carbonyl (C=O) groups excluding carboxylic acids is 1. The molecular formula is C20H19NO. The minimum Gasteiger partial charge on any atom is -0.352 e. The lowest BCUT2D eigenvalue weighted by Crippen LogP contribution is -2.24. The Hall–Kier alpha value is -2.61. The molecule has 0 saturated heterocycles. The van der Waals surface area contributed by atoms with Gasteiger partial charge in [0, 0.05) is 6.54 Å². The molecule has 0 unspecified atom stereocenters. The molecule has 0 aliphatic rings. The molecule has 2 heteroatoms. The van der Waals surface area contributed by atoms with Gasteiger partial charge in [0.2, 0.25) is 5.91 Å². The normalized spacial score (nSPS) is 10.6. The zero-order valence-electron chi connectivity index (χ0n) is 12.7. The average Bonchev–Trinajstić information content (AvgIpc) is 2.55. The molecule has 3 rings (SSSR count). The molecule has 0 heterocycles. The smallest absolute Gasteiger partial charge is 0.224 e. The van der Waals surface area contributed by atoms with Gasteiger partial charge in [0.1, 0.15) is 0 Å². The maximum absolute atomic E-state index is 12.1. The van der Waals surface area contributed by atoms with Crippen LogP contribution in [0.5, 0.6) is 0 Å². The van der Waals surface area contributed by atoms with Gasteiger partial charge < -0.3 is 5.32 Å². The third-order valence-corrected chi connectivity index (χ3v) is 3.92. The molecule has 1 amide bonds. The van der Waals surface area contributed by atoms with Gasteiger partial charge in [-0.3, -0.25) is 4.79 Å². The lowest BCUT2D eigenvalue weighted by molar-refractivity contribution is -0.120. The lowest BCUT2D eigenvalue weighted by Gasteiger charge is -2.08. The minimum absolute atomic E-state index is 0.0578. The van der Waals surface area contributed by atoms with Crippen molar-refractivity contribution < 1.29 is 4.79 Å². The number of rotatable bonds is 4. The number of amides is 1. The van der Waals surface area contributed by atoms with Crippen LogP contribution >= 0.6 is 0 Å². The van der Waals surface area contributed by atoms with Crippen LogP contribution in [0.1, 0.15) is 16.7 Å².